The number of rotatable bonds is 2. The molecule has 0 bridgehead atoms. The molecular weight excluding hydrogens is 274 g/mol. The summed E-state index contributed by atoms with van der Waals surface area (Å²) in [6.45, 7) is 7.87. The molecule has 0 saturated carbocycles. The molecule has 0 radical (unpaired) electrons. The maximum atomic E-state index is 11.8. The molecular formula is C14H21N3O2S. The average molecular weight is 295 g/mol. The summed E-state index contributed by atoms with van der Waals surface area (Å²) in [5.74, 6) is 0.162. The van der Waals surface area contributed by atoms with Crippen LogP contribution in [0.15, 0.2) is 5.38 Å². The smallest absolute Gasteiger partial charge is 0.219 e. The largest absolute Gasteiger partial charge is 0.374 e. The molecule has 2 aliphatic rings. The Hall–Kier alpha value is -0.980. The van der Waals surface area contributed by atoms with Gasteiger partial charge in [0.15, 0.2) is 0 Å². The zero-order valence-corrected chi connectivity index (χ0v) is 12.9. The highest BCUT2D eigenvalue weighted by molar-refractivity contribution is 7.09. The van der Waals surface area contributed by atoms with Crippen molar-refractivity contribution >= 4 is 17.2 Å². The van der Waals surface area contributed by atoms with Crippen LogP contribution in [0.25, 0.3) is 0 Å². The summed E-state index contributed by atoms with van der Waals surface area (Å²) in [7, 11) is 0. The molecule has 6 heteroatoms. The van der Waals surface area contributed by atoms with Crippen molar-refractivity contribution in [3.05, 3.63) is 16.1 Å². The van der Waals surface area contributed by atoms with E-state index in [4.69, 9.17) is 4.74 Å². The Bertz CT molecular complexity index is 491. The van der Waals surface area contributed by atoms with Crippen molar-refractivity contribution in [2.75, 3.05) is 26.2 Å². The monoisotopic (exact) mass is 295 g/mol. The van der Waals surface area contributed by atoms with Gasteiger partial charge in [0.1, 0.15) is 5.01 Å². The van der Waals surface area contributed by atoms with Gasteiger partial charge in [-0.25, -0.2) is 4.98 Å². The number of carbonyl (C=O) groups is 1. The highest BCUT2D eigenvalue weighted by Crippen LogP contribution is 2.24. The standard InChI is InChI=1S/C14H21N3O2S/c1-10-9-20-14(15-10)8-16-4-3-13-12(7-16)17(11(2)18)5-6-19-13/h9,12-13H,3-8H2,1-2H3/t12-,13-/m0/s1. The zero-order chi connectivity index (χ0) is 14.1. The molecule has 1 aromatic heterocycles. The molecule has 3 rings (SSSR count). The number of ether oxygens (including phenoxy) is 1. The van der Waals surface area contributed by atoms with E-state index in [0.717, 1.165) is 43.3 Å². The van der Waals surface area contributed by atoms with Crippen molar-refractivity contribution < 1.29 is 9.53 Å². The average Bonchev–Trinajstić information content (AvgIpc) is 2.83. The summed E-state index contributed by atoms with van der Waals surface area (Å²) >= 11 is 1.72. The molecule has 2 fully saturated rings. The number of thiazole rings is 1. The van der Waals surface area contributed by atoms with Crippen LogP contribution in [0.3, 0.4) is 0 Å². The van der Waals surface area contributed by atoms with Crippen LogP contribution in [0.4, 0.5) is 0 Å². The molecule has 0 N–H and O–H groups in total. The van der Waals surface area contributed by atoms with Gasteiger partial charge in [-0.1, -0.05) is 0 Å². The third-order valence-electron chi connectivity index (χ3n) is 4.10. The van der Waals surface area contributed by atoms with Gasteiger partial charge in [-0.05, 0) is 13.3 Å². The number of hydrogen-bond donors (Lipinski definition) is 0. The highest BCUT2D eigenvalue weighted by Gasteiger charge is 2.38. The summed E-state index contributed by atoms with van der Waals surface area (Å²) in [6.07, 6.45) is 1.21. The van der Waals surface area contributed by atoms with E-state index in [0.29, 0.717) is 6.61 Å². The number of morpholine rings is 1. The van der Waals surface area contributed by atoms with Crippen LogP contribution in [0.5, 0.6) is 0 Å². The molecule has 2 saturated heterocycles. The van der Waals surface area contributed by atoms with Gasteiger partial charge >= 0.3 is 0 Å². The number of hydrogen-bond acceptors (Lipinski definition) is 5. The third-order valence-corrected chi connectivity index (χ3v) is 5.05. The SMILES string of the molecule is CC(=O)N1CCO[C@H]2CCN(Cc3nc(C)cs3)C[C@@H]21. The summed E-state index contributed by atoms with van der Waals surface area (Å²) in [5, 5.41) is 3.25. The minimum atomic E-state index is 0.162. The van der Waals surface area contributed by atoms with E-state index in [1.807, 2.05) is 11.8 Å². The molecule has 5 nitrogen and oxygen atoms in total. The van der Waals surface area contributed by atoms with E-state index >= 15 is 0 Å². The van der Waals surface area contributed by atoms with Gasteiger partial charge < -0.3 is 9.64 Å². The molecule has 20 heavy (non-hydrogen) atoms. The first kappa shape index (κ1) is 14.0. The van der Waals surface area contributed by atoms with Gasteiger partial charge in [0.25, 0.3) is 0 Å². The number of fused-ring (bicyclic) bond motifs is 1. The number of aryl methyl sites for hydroxylation is 1. The van der Waals surface area contributed by atoms with Crippen molar-refractivity contribution in [2.24, 2.45) is 0 Å². The second-order valence-corrected chi connectivity index (χ2v) is 6.54. The first-order chi connectivity index (χ1) is 9.63. The topological polar surface area (TPSA) is 45.7 Å². The van der Waals surface area contributed by atoms with Crippen LogP contribution in [0, 0.1) is 6.92 Å². The lowest BCUT2D eigenvalue weighted by atomic mass is 9.98. The summed E-state index contributed by atoms with van der Waals surface area (Å²) in [6, 6.07) is 0.205. The Labute approximate surface area is 123 Å². The van der Waals surface area contributed by atoms with Gasteiger partial charge in [-0.2, -0.15) is 0 Å². The van der Waals surface area contributed by atoms with E-state index in [-0.39, 0.29) is 18.1 Å². The van der Waals surface area contributed by atoms with Crippen molar-refractivity contribution in [3.63, 3.8) is 0 Å². The number of amides is 1. The van der Waals surface area contributed by atoms with Crippen LogP contribution < -0.4 is 0 Å². The minimum absolute atomic E-state index is 0.162. The van der Waals surface area contributed by atoms with Gasteiger partial charge in [0.2, 0.25) is 5.91 Å². The Morgan fingerprint density at radius 3 is 3.10 bits per heavy atom. The molecule has 0 spiro atoms. The van der Waals surface area contributed by atoms with E-state index < -0.39 is 0 Å². The van der Waals surface area contributed by atoms with E-state index in [1.165, 1.54) is 0 Å². The van der Waals surface area contributed by atoms with Crippen LogP contribution >= 0.6 is 11.3 Å². The zero-order valence-electron chi connectivity index (χ0n) is 12.0. The fraction of sp³-hybridized carbons (Fsp3) is 0.714. The van der Waals surface area contributed by atoms with Gasteiger partial charge in [-0.15, -0.1) is 11.3 Å². The van der Waals surface area contributed by atoms with Gasteiger partial charge in [0, 0.05) is 37.6 Å². The molecule has 1 amide bonds. The molecule has 0 aromatic carbocycles. The first-order valence-corrected chi connectivity index (χ1v) is 8.03. The van der Waals surface area contributed by atoms with Gasteiger partial charge in [-0.3, -0.25) is 9.69 Å². The van der Waals surface area contributed by atoms with E-state index in [1.54, 1.807) is 18.3 Å². The second-order valence-electron chi connectivity index (χ2n) is 5.60. The lowest BCUT2D eigenvalue weighted by Gasteiger charge is -2.46. The lowest BCUT2D eigenvalue weighted by molar-refractivity contribution is -0.150. The molecule has 0 aliphatic carbocycles. The van der Waals surface area contributed by atoms with Gasteiger partial charge in [0.05, 0.1) is 25.3 Å². The number of aromatic nitrogens is 1. The number of piperidine rings is 1. The summed E-state index contributed by atoms with van der Waals surface area (Å²) < 4.78 is 5.83. The van der Waals surface area contributed by atoms with Crippen LogP contribution in [-0.2, 0) is 16.1 Å². The predicted molar refractivity (Wildman–Crippen MR) is 77.7 cm³/mol. The lowest BCUT2D eigenvalue weighted by Crippen LogP contribution is -2.60. The number of likely N-dealkylation sites (tertiary alicyclic amines) is 1. The molecule has 2 atom stereocenters. The van der Waals surface area contributed by atoms with Crippen molar-refractivity contribution in [3.8, 4) is 0 Å². The van der Waals surface area contributed by atoms with Crippen LogP contribution in [-0.4, -0.2) is 59.1 Å². The Kier molecular flexibility index (Phi) is 4.05. The van der Waals surface area contributed by atoms with Crippen molar-refractivity contribution in [1.82, 2.24) is 14.8 Å². The van der Waals surface area contributed by atoms with Crippen molar-refractivity contribution in [1.29, 1.82) is 0 Å². The second kappa shape index (κ2) is 5.79. The quantitative estimate of drug-likeness (QED) is 0.824. The van der Waals surface area contributed by atoms with Crippen LogP contribution in [0.2, 0.25) is 0 Å². The summed E-state index contributed by atoms with van der Waals surface area (Å²) in [5.41, 5.74) is 1.09. The fourth-order valence-electron chi connectivity index (χ4n) is 3.14. The van der Waals surface area contributed by atoms with Crippen LogP contribution in [0.1, 0.15) is 24.0 Å². The molecule has 0 unspecified atom stereocenters. The Morgan fingerprint density at radius 2 is 2.40 bits per heavy atom. The number of carbonyl (C=O) groups excluding carboxylic acids is 1. The fourth-order valence-corrected chi connectivity index (χ4v) is 3.95. The molecule has 110 valence electrons. The maximum absolute atomic E-state index is 11.8. The third kappa shape index (κ3) is 2.87. The van der Waals surface area contributed by atoms with E-state index in [2.05, 4.69) is 15.3 Å². The maximum Gasteiger partial charge on any atom is 0.219 e. The molecule has 1 aromatic rings. The Morgan fingerprint density at radius 1 is 1.55 bits per heavy atom. The molecule has 3 heterocycles. The number of nitrogens with zero attached hydrogens (tertiary/aromatic N) is 3. The van der Waals surface area contributed by atoms with Crippen molar-refractivity contribution in [2.45, 2.75) is 39.0 Å². The predicted octanol–water partition coefficient (Wildman–Crippen LogP) is 1.27. The summed E-state index contributed by atoms with van der Waals surface area (Å²) in [4.78, 5) is 20.7. The normalized spacial score (nSPS) is 27.4. The molecule has 2 aliphatic heterocycles. The highest BCUT2D eigenvalue weighted by atomic mass is 32.1. The minimum Gasteiger partial charge on any atom is -0.374 e. The Balaban J connectivity index is 1.66. The van der Waals surface area contributed by atoms with E-state index in [9.17, 15) is 4.79 Å². The first-order valence-electron chi connectivity index (χ1n) is 7.15.